The third kappa shape index (κ3) is 3.91. The van der Waals surface area contributed by atoms with Gasteiger partial charge in [-0.15, -0.1) is 0 Å². The van der Waals surface area contributed by atoms with Gasteiger partial charge < -0.3 is 14.7 Å². The molecule has 0 aromatic heterocycles. The maximum absolute atomic E-state index is 13.0. The standard InChI is InChI=1S/C22H29N3O3/c26-16-17-3-5-19(6-4-17)23-12-7-18(8-13-23)22(28)24-14-9-20(10-15-24)25-11-1-2-21(25)27/h3-6,16,18,20H,1-2,7-15H2. The number of rotatable bonds is 4. The number of aldehydes is 1. The van der Waals surface area contributed by atoms with Gasteiger partial charge in [-0.1, -0.05) is 0 Å². The lowest BCUT2D eigenvalue weighted by Crippen LogP contribution is -2.49. The van der Waals surface area contributed by atoms with E-state index in [0.717, 1.165) is 76.8 Å². The summed E-state index contributed by atoms with van der Waals surface area (Å²) in [5.41, 5.74) is 1.81. The SMILES string of the molecule is O=Cc1ccc(N2CCC(C(=O)N3CCC(N4CCCC4=O)CC3)CC2)cc1. The zero-order chi connectivity index (χ0) is 19.5. The summed E-state index contributed by atoms with van der Waals surface area (Å²) in [7, 11) is 0. The molecule has 6 nitrogen and oxygen atoms in total. The summed E-state index contributed by atoms with van der Waals surface area (Å²) in [6, 6.07) is 7.98. The van der Waals surface area contributed by atoms with Crippen molar-refractivity contribution in [3.05, 3.63) is 29.8 Å². The van der Waals surface area contributed by atoms with Crippen LogP contribution in [0.15, 0.2) is 24.3 Å². The summed E-state index contributed by atoms with van der Waals surface area (Å²) in [5.74, 6) is 0.691. The van der Waals surface area contributed by atoms with Crippen LogP contribution in [0.1, 0.15) is 48.9 Å². The minimum atomic E-state index is 0.107. The zero-order valence-electron chi connectivity index (χ0n) is 16.4. The number of benzene rings is 1. The van der Waals surface area contributed by atoms with Crippen molar-refractivity contribution < 1.29 is 14.4 Å². The summed E-state index contributed by atoms with van der Waals surface area (Å²) in [6.45, 7) is 4.19. The van der Waals surface area contributed by atoms with Gasteiger partial charge >= 0.3 is 0 Å². The van der Waals surface area contributed by atoms with Crippen LogP contribution in [0.5, 0.6) is 0 Å². The predicted molar refractivity (Wildman–Crippen MR) is 107 cm³/mol. The minimum absolute atomic E-state index is 0.107. The van der Waals surface area contributed by atoms with Crippen molar-refractivity contribution in [1.82, 2.24) is 9.80 Å². The topological polar surface area (TPSA) is 60.9 Å². The van der Waals surface area contributed by atoms with Gasteiger partial charge in [0, 0.05) is 62.4 Å². The number of carbonyl (C=O) groups is 3. The van der Waals surface area contributed by atoms with Crippen LogP contribution in [0.25, 0.3) is 0 Å². The Balaban J connectivity index is 1.26. The number of nitrogens with zero attached hydrogens (tertiary/aromatic N) is 3. The highest BCUT2D eigenvalue weighted by Crippen LogP contribution is 2.27. The summed E-state index contributed by atoms with van der Waals surface area (Å²) in [5, 5.41) is 0. The van der Waals surface area contributed by atoms with E-state index in [4.69, 9.17) is 0 Å². The average molecular weight is 383 g/mol. The molecule has 1 aromatic rings. The Morgan fingerprint density at radius 1 is 0.929 bits per heavy atom. The molecule has 3 fully saturated rings. The lowest BCUT2D eigenvalue weighted by molar-refractivity contribution is -0.138. The number of piperidine rings is 2. The molecule has 3 heterocycles. The van der Waals surface area contributed by atoms with Crippen LogP contribution < -0.4 is 4.90 Å². The molecule has 0 bridgehead atoms. The number of likely N-dealkylation sites (tertiary alicyclic amines) is 2. The molecule has 0 spiro atoms. The Labute approximate surface area is 166 Å². The Morgan fingerprint density at radius 2 is 1.61 bits per heavy atom. The number of carbonyl (C=O) groups excluding carboxylic acids is 3. The Morgan fingerprint density at radius 3 is 2.18 bits per heavy atom. The fourth-order valence-electron chi connectivity index (χ4n) is 4.86. The first kappa shape index (κ1) is 19.0. The van der Waals surface area contributed by atoms with Crippen molar-refractivity contribution >= 4 is 23.8 Å². The second-order valence-electron chi connectivity index (χ2n) is 8.22. The second-order valence-corrected chi connectivity index (χ2v) is 8.22. The lowest BCUT2D eigenvalue weighted by atomic mass is 9.93. The van der Waals surface area contributed by atoms with E-state index in [1.165, 1.54) is 0 Å². The van der Waals surface area contributed by atoms with Gasteiger partial charge in [0.25, 0.3) is 0 Å². The van der Waals surface area contributed by atoms with Crippen molar-refractivity contribution in [3.8, 4) is 0 Å². The molecular formula is C22H29N3O3. The summed E-state index contributed by atoms with van der Waals surface area (Å²) < 4.78 is 0. The first-order chi connectivity index (χ1) is 13.7. The zero-order valence-corrected chi connectivity index (χ0v) is 16.4. The number of hydrogen-bond acceptors (Lipinski definition) is 4. The lowest BCUT2D eigenvalue weighted by Gasteiger charge is -2.40. The molecular weight excluding hydrogens is 354 g/mol. The van der Waals surface area contributed by atoms with E-state index in [2.05, 4.69) is 4.90 Å². The number of anilines is 1. The molecule has 2 amide bonds. The van der Waals surface area contributed by atoms with Crippen LogP contribution in [0.3, 0.4) is 0 Å². The molecule has 0 N–H and O–H groups in total. The minimum Gasteiger partial charge on any atom is -0.371 e. The highest BCUT2D eigenvalue weighted by molar-refractivity contribution is 5.80. The maximum Gasteiger partial charge on any atom is 0.225 e. The van der Waals surface area contributed by atoms with E-state index >= 15 is 0 Å². The first-order valence-electron chi connectivity index (χ1n) is 10.5. The second kappa shape index (κ2) is 8.33. The molecule has 3 aliphatic rings. The largest absolute Gasteiger partial charge is 0.371 e. The quantitative estimate of drug-likeness (QED) is 0.749. The average Bonchev–Trinajstić information content (AvgIpc) is 3.19. The Hall–Kier alpha value is -2.37. The van der Waals surface area contributed by atoms with E-state index in [0.29, 0.717) is 29.8 Å². The fourth-order valence-corrected chi connectivity index (χ4v) is 4.86. The van der Waals surface area contributed by atoms with Crippen LogP contribution >= 0.6 is 0 Å². The number of amides is 2. The van der Waals surface area contributed by atoms with Crippen molar-refractivity contribution in [3.63, 3.8) is 0 Å². The van der Waals surface area contributed by atoms with Crippen LogP contribution in [0.2, 0.25) is 0 Å². The first-order valence-corrected chi connectivity index (χ1v) is 10.5. The molecule has 28 heavy (non-hydrogen) atoms. The van der Waals surface area contributed by atoms with Gasteiger partial charge in [-0.3, -0.25) is 14.4 Å². The Bertz CT molecular complexity index is 717. The van der Waals surface area contributed by atoms with Crippen LogP contribution in [0, 0.1) is 5.92 Å². The summed E-state index contributed by atoms with van der Waals surface area (Å²) in [4.78, 5) is 42.1. The monoisotopic (exact) mass is 383 g/mol. The molecule has 0 unspecified atom stereocenters. The summed E-state index contributed by atoms with van der Waals surface area (Å²) >= 11 is 0. The van der Waals surface area contributed by atoms with Gasteiger partial charge in [0.2, 0.25) is 11.8 Å². The van der Waals surface area contributed by atoms with Crippen LogP contribution in [-0.4, -0.2) is 66.7 Å². The fraction of sp³-hybridized carbons (Fsp3) is 0.591. The number of hydrogen-bond donors (Lipinski definition) is 0. The molecule has 0 radical (unpaired) electrons. The predicted octanol–water partition coefficient (Wildman–Crippen LogP) is 2.33. The molecule has 0 saturated carbocycles. The maximum atomic E-state index is 13.0. The Kier molecular flexibility index (Phi) is 5.64. The molecule has 150 valence electrons. The van der Waals surface area contributed by atoms with Gasteiger partial charge in [0.1, 0.15) is 6.29 Å². The highest BCUT2D eigenvalue weighted by atomic mass is 16.2. The molecule has 0 aliphatic carbocycles. The van der Waals surface area contributed by atoms with Gasteiger partial charge in [0.05, 0.1) is 0 Å². The molecule has 1 aromatic carbocycles. The van der Waals surface area contributed by atoms with Gasteiger partial charge in [0.15, 0.2) is 0 Å². The molecule has 0 atom stereocenters. The van der Waals surface area contributed by atoms with Crippen molar-refractivity contribution in [2.75, 3.05) is 37.6 Å². The van der Waals surface area contributed by atoms with E-state index in [1.807, 2.05) is 34.1 Å². The molecule has 6 heteroatoms. The van der Waals surface area contributed by atoms with Crippen molar-refractivity contribution in [2.45, 2.75) is 44.6 Å². The van der Waals surface area contributed by atoms with Crippen LogP contribution in [0.4, 0.5) is 5.69 Å². The molecule has 4 rings (SSSR count). The molecule has 3 aliphatic heterocycles. The smallest absolute Gasteiger partial charge is 0.225 e. The van der Waals surface area contributed by atoms with Crippen molar-refractivity contribution in [1.29, 1.82) is 0 Å². The third-order valence-corrected chi connectivity index (χ3v) is 6.57. The highest BCUT2D eigenvalue weighted by Gasteiger charge is 2.34. The van der Waals surface area contributed by atoms with Crippen LogP contribution in [-0.2, 0) is 9.59 Å². The van der Waals surface area contributed by atoms with Crippen molar-refractivity contribution in [2.24, 2.45) is 5.92 Å². The van der Waals surface area contributed by atoms with E-state index < -0.39 is 0 Å². The van der Waals surface area contributed by atoms with E-state index in [9.17, 15) is 14.4 Å². The van der Waals surface area contributed by atoms with Gasteiger partial charge in [-0.2, -0.15) is 0 Å². The van der Waals surface area contributed by atoms with Gasteiger partial charge in [-0.25, -0.2) is 0 Å². The molecule has 3 saturated heterocycles. The van der Waals surface area contributed by atoms with E-state index in [-0.39, 0.29) is 5.92 Å². The third-order valence-electron chi connectivity index (χ3n) is 6.57. The summed E-state index contributed by atoms with van der Waals surface area (Å²) in [6.07, 6.45) is 6.11. The van der Waals surface area contributed by atoms with E-state index in [1.54, 1.807) is 0 Å². The normalized spacial score (nSPS) is 22.0. The van der Waals surface area contributed by atoms with Gasteiger partial charge in [-0.05, 0) is 56.4 Å².